The van der Waals surface area contributed by atoms with Crippen molar-refractivity contribution in [3.63, 3.8) is 0 Å². The van der Waals surface area contributed by atoms with Crippen LogP contribution in [-0.4, -0.2) is 14.5 Å². The summed E-state index contributed by atoms with van der Waals surface area (Å²) < 4.78 is 15.9. The van der Waals surface area contributed by atoms with Gasteiger partial charge in [0.25, 0.3) is 0 Å². The molecular weight excluding hydrogens is 394 g/mol. The topological polar surface area (TPSA) is 39.9 Å². The molecule has 0 saturated carbocycles. The maximum absolute atomic E-state index is 7.76. The van der Waals surface area contributed by atoms with E-state index in [0.717, 1.165) is 28.0 Å². The van der Waals surface area contributed by atoms with E-state index in [-0.39, 0.29) is 0 Å². The monoisotopic (exact) mass is 414 g/mol. The number of benzene rings is 3. The van der Waals surface area contributed by atoms with Crippen molar-refractivity contribution < 1.29 is 6.11 Å². The van der Waals surface area contributed by atoms with Gasteiger partial charge in [-0.15, -0.1) is 0 Å². The second-order valence-electron chi connectivity index (χ2n) is 7.50. The number of aromatic nitrogens is 3. The fourth-order valence-corrected chi connectivity index (χ4v) is 4.11. The molecule has 0 unspecified atom stereocenters. The van der Waals surface area contributed by atoms with Crippen LogP contribution in [0.1, 0.15) is 1.37 Å². The fourth-order valence-electron chi connectivity index (χ4n) is 4.11. The molecule has 3 aromatic heterocycles. The number of nitrogens with zero attached hydrogens (tertiary/aromatic N) is 3. The second kappa shape index (κ2) is 7.67. The summed E-state index contributed by atoms with van der Waals surface area (Å²) in [6.07, 6.45) is 3.40. The largest absolute Gasteiger partial charge is 0.439 e. The highest BCUT2D eigenvalue weighted by atomic mass is 16.5. The molecule has 0 radical (unpaired) electrons. The van der Waals surface area contributed by atoms with Gasteiger partial charge in [-0.1, -0.05) is 54.6 Å². The SMILES string of the molecule is [2H]c1ccnc(Oc2cccc(-c3ccc4c5ccccc5n(-c5ccccn5)c4c3)c2)c1. The van der Waals surface area contributed by atoms with Gasteiger partial charge in [-0.25, -0.2) is 9.97 Å². The minimum Gasteiger partial charge on any atom is -0.439 e. The Hall–Kier alpha value is -4.44. The number of hydrogen-bond donors (Lipinski definition) is 0. The van der Waals surface area contributed by atoms with Crippen LogP contribution in [0.5, 0.6) is 11.6 Å². The summed E-state index contributed by atoms with van der Waals surface area (Å²) in [6.45, 7) is 0. The van der Waals surface area contributed by atoms with Crippen LogP contribution in [0.4, 0.5) is 0 Å². The van der Waals surface area contributed by atoms with Crippen molar-refractivity contribution in [2.75, 3.05) is 0 Å². The molecule has 0 aliphatic carbocycles. The van der Waals surface area contributed by atoms with Crippen molar-refractivity contribution in [2.24, 2.45) is 0 Å². The Morgan fingerprint density at radius 3 is 2.41 bits per heavy atom. The maximum Gasteiger partial charge on any atom is 0.219 e. The van der Waals surface area contributed by atoms with E-state index in [1.807, 2.05) is 42.6 Å². The van der Waals surface area contributed by atoms with E-state index in [4.69, 9.17) is 6.11 Å². The van der Waals surface area contributed by atoms with E-state index in [0.29, 0.717) is 17.7 Å². The molecule has 152 valence electrons. The molecule has 0 spiro atoms. The quantitative estimate of drug-likeness (QED) is 0.311. The lowest BCUT2D eigenvalue weighted by atomic mass is 10.0. The van der Waals surface area contributed by atoms with Gasteiger partial charge in [0.05, 0.1) is 12.4 Å². The third-order valence-corrected chi connectivity index (χ3v) is 5.52. The van der Waals surface area contributed by atoms with Crippen molar-refractivity contribution in [1.29, 1.82) is 0 Å². The molecule has 0 saturated heterocycles. The smallest absolute Gasteiger partial charge is 0.219 e. The molecule has 6 rings (SSSR count). The van der Waals surface area contributed by atoms with Gasteiger partial charge in [0, 0.05) is 29.2 Å². The van der Waals surface area contributed by atoms with Crippen LogP contribution in [-0.2, 0) is 0 Å². The highest BCUT2D eigenvalue weighted by Gasteiger charge is 2.13. The van der Waals surface area contributed by atoms with Crippen LogP contribution < -0.4 is 4.74 Å². The Bertz CT molecular complexity index is 1610. The van der Waals surface area contributed by atoms with Gasteiger partial charge in [-0.05, 0) is 53.6 Å². The van der Waals surface area contributed by atoms with Crippen LogP contribution in [0.15, 0.2) is 115 Å². The summed E-state index contributed by atoms with van der Waals surface area (Å²) in [5, 5.41) is 2.38. The molecule has 4 nitrogen and oxygen atoms in total. The maximum atomic E-state index is 7.76. The van der Waals surface area contributed by atoms with Crippen LogP contribution in [0.3, 0.4) is 0 Å². The van der Waals surface area contributed by atoms with E-state index in [9.17, 15) is 0 Å². The number of fused-ring (bicyclic) bond motifs is 3. The summed E-state index contributed by atoms with van der Waals surface area (Å²) in [5.74, 6) is 1.97. The molecule has 0 aliphatic rings. The van der Waals surface area contributed by atoms with Crippen molar-refractivity contribution in [2.45, 2.75) is 0 Å². The zero-order chi connectivity index (χ0) is 22.2. The van der Waals surface area contributed by atoms with E-state index < -0.39 is 0 Å². The minimum absolute atomic E-state index is 0.365. The number of ether oxygens (including phenoxy) is 1. The molecular formula is C28H19N3O. The van der Waals surface area contributed by atoms with Gasteiger partial charge in [0.1, 0.15) is 11.6 Å². The minimum atomic E-state index is 0.365. The Balaban J connectivity index is 1.49. The Kier molecular flexibility index (Phi) is 4.14. The predicted molar refractivity (Wildman–Crippen MR) is 128 cm³/mol. The average Bonchev–Trinajstić information content (AvgIpc) is 3.18. The molecule has 3 aromatic carbocycles. The first-order chi connectivity index (χ1) is 16.3. The Morgan fingerprint density at radius 1 is 0.656 bits per heavy atom. The normalized spacial score (nSPS) is 11.6. The fraction of sp³-hybridized carbons (Fsp3) is 0. The third-order valence-electron chi connectivity index (χ3n) is 5.52. The lowest BCUT2D eigenvalue weighted by Gasteiger charge is -2.09. The first kappa shape index (κ1) is 17.3. The first-order valence-corrected chi connectivity index (χ1v) is 10.4. The molecule has 3 heterocycles. The van der Waals surface area contributed by atoms with Crippen LogP contribution in [0, 0.1) is 0 Å². The first-order valence-electron chi connectivity index (χ1n) is 10.9. The van der Waals surface area contributed by atoms with Gasteiger partial charge < -0.3 is 4.74 Å². The number of para-hydroxylation sites is 1. The van der Waals surface area contributed by atoms with Crippen molar-refractivity contribution in [3.8, 4) is 28.6 Å². The van der Waals surface area contributed by atoms with Crippen molar-refractivity contribution >= 4 is 21.8 Å². The van der Waals surface area contributed by atoms with Crippen molar-refractivity contribution in [1.82, 2.24) is 14.5 Å². The zero-order valence-corrected chi connectivity index (χ0v) is 17.1. The molecule has 0 aliphatic heterocycles. The Morgan fingerprint density at radius 2 is 1.50 bits per heavy atom. The Labute approximate surface area is 186 Å². The average molecular weight is 414 g/mol. The van der Waals surface area contributed by atoms with Crippen LogP contribution in [0.2, 0.25) is 0 Å². The van der Waals surface area contributed by atoms with Crippen molar-refractivity contribution in [3.05, 3.63) is 115 Å². The van der Waals surface area contributed by atoms with E-state index in [2.05, 4.69) is 63.1 Å². The van der Waals surface area contributed by atoms with Gasteiger partial charge in [-0.2, -0.15) is 0 Å². The molecule has 0 N–H and O–H groups in total. The predicted octanol–water partition coefficient (Wildman–Crippen LogP) is 7.03. The molecule has 4 heteroatoms. The van der Waals surface area contributed by atoms with Crippen LogP contribution >= 0.6 is 0 Å². The lowest BCUT2D eigenvalue weighted by molar-refractivity contribution is 0.463. The highest BCUT2D eigenvalue weighted by Crippen LogP contribution is 2.35. The van der Waals surface area contributed by atoms with E-state index in [1.165, 1.54) is 10.8 Å². The van der Waals surface area contributed by atoms with Crippen LogP contribution in [0.25, 0.3) is 38.8 Å². The second-order valence-corrected chi connectivity index (χ2v) is 7.50. The molecule has 0 bridgehead atoms. The molecule has 0 fully saturated rings. The van der Waals surface area contributed by atoms with E-state index in [1.54, 1.807) is 18.3 Å². The van der Waals surface area contributed by atoms with Gasteiger partial charge in [0.2, 0.25) is 5.88 Å². The summed E-state index contributed by atoms with van der Waals surface area (Å²) in [4.78, 5) is 8.81. The summed E-state index contributed by atoms with van der Waals surface area (Å²) in [6, 6.07) is 32.4. The van der Waals surface area contributed by atoms with E-state index >= 15 is 0 Å². The number of pyridine rings is 2. The molecule has 0 amide bonds. The molecule has 6 aromatic rings. The molecule has 0 atom stereocenters. The summed E-state index contributed by atoms with van der Waals surface area (Å²) in [5.41, 5.74) is 4.34. The van der Waals surface area contributed by atoms with Gasteiger partial charge >= 0.3 is 0 Å². The molecule has 32 heavy (non-hydrogen) atoms. The van der Waals surface area contributed by atoms with Gasteiger partial charge in [0.15, 0.2) is 0 Å². The number of hydrogen-bond acceptors (Lipinski definition) is 3. The lowest BCUT2D eigenvalue weighted by Crippen LogP contribution is -1.96. The summed E-state index contributed by atoms with van der Waals surface area (Å²) in [7, 11) is 0. The third kappa shape index (κ3) is 3.19. The standard InChI is InChI=1S/C28H19N3O/c1-2-11-25-23(10-1)24-15-14-21(19-26(24)31(25)27-12-3-5-16-29-27)20-8-7-9-22(18-20)32-28-13-4-6-17-30-28/h1-19H/i4D. The zero-order valence-electron chi connectivity index (χ0n) is 18.1. The summed E-state index contributed by atoms with van der Waals surface area (Å²) >= 11 is 0. The van der Waals surface area contributed by atoms with Gasteiger partial charge in [-0.3, -0.25) is 4.57 Å². The number of rotatable bonds is 4. The highest BCUT2D eigenvalue weighted by molar-refractivity contribution is 6.10.